The van der Waals surface area contributed by atoms with Crippen molar-refractivity contribution in [1.29, 1.82) is 0 Å². The maximum absolute atomic E-state index is 13.5. The van der Waals surface area contributed by atoms with Crippen molar-refractivity contribution in [3.8, 4) is 11.5 Å². The number of hydrogen-bond acceptors (Lipinski definition) is 6. The van der Waals surface area contributed by atoms with Crippen LogP contribution in [-0.2, 0) is 9.59 Å². The van der Waals surface area contributed by atoms with Crippen LogP contribution in [0.5, 0.6) is 11.5 Å². The summed E-state index contributed by atoms with van der Waals surface area (Å²) in [5.41, 5.74) is 1.37. The number of carbonyl (C=O) groups excluding carboxylic acids is 3. The van der Waals surface area contributed by atoms with E-state index in [2.05, 4.69) is 5.32 Å². The Morgan fingerprint density at radius 3 is 2.56 bits per heavy atom. The second-order valence-corrected chi connectivity index (χ2v) is 11.6. The molecule has 2 aromatic rings. The molecular weight excluding hydrogens is 546 g/mol. The third-order valence-electron chi connectivity index (χ3n) is 8.51. The van der Waals surface area contributed by atoms with Crippen molar-refractivity contribution in [2.45, 2.75) is 44.1 Å². The Morgan fingerprint density at radius 1 is 1.02 bits per heavy atom. The molecule has 2 aromatic carbocycles. The lowest BCUT2D eigenvalue weighted by molar-refractivity contribution is -0.137. The maximum atomic E-state index is 13.5. The normalized spacial score (nSPS) is 25.4. The molecule has 2 bridgehead atoms. The minimum atomic E-state index is -0.450. The van der Waals surface area contributed by atoms with E-state index in [1.165, 1.54) is 0 Å². The zero-order valence-corrected chi connectivity index (χ0v) is 24.1. The third kappa shape index (κ3) is 6.79. The molecule has 2 fully saturated rings. The number of fused-ring (bicyclic) bond motifs is 4. The predicted molar refractivity (Wildman–Crippen MR) is 154 cm³/mol. The first kappa shape index (κ1) is 29.2. The van der Waals surface area contributed by atoms with Gasteiger partial charge in [0.1, 0.15) is 6.61 Å². The lowest BCUT2D eigenvalue weighted by Gasteiger charge is -2.31. The van der Waals surface area contributed by atoms with Crippen molar-refractivity contribution in [1.82, 2.24) is 15.1 Å². The Morgan fingerprint density at radius 2 is 1.80 bits per heavy atom. The van der Waals surface area contributed by atoms with Gasteiger partial charge < -0.3 is 29.7 Å². The molecule has 3 amide bonds. The first-order valence-electron chi connectivity index (χ1n) is 14.4. The number of likely N-dealkylation sites (tertiary alicyclic amines) is 1. The average molecular weight is 584 g/mol. The van der Waals surface area contributed by atoms with Gasteiger partial charge in [-0.3, -0.25) is 14.4 Å². The average Bonchev–Trinajstić information content (AvgIpc) is 3.43. The summed E-state index contributed by atoms with van der Waals surface area (Å²) in [6.07, 6.45) is 2.91. The summed E-state index contributed by atoms with van der Waals surface area (Å²) in [4.78, 5) is 43.8. The van der Waals surface area contributed by atoms with Gasteiger partial charge in [-0.1, -0.05) is 23.7 Å². The Kier molecular flexibility index (Phi) is 9.35. The summed E-state index contributed by atoms with van der Waals surface area (Å²) in [7, 11) is 1.57. The molecule has 0 unspecified atom stereocenters. The smallest absolute Gasteiger partial charge is 0.253 e. The molecule has 2 heterocycles. The minimum absolute atomic E-state index is 0.0747. The second kappa shape index (κ2) is 13.1. The molecule has 2 N–H and O–H groups in total. The van der Waals surface area contributed by atoms with Gasteiger partial charge in [0.15, 0.2) is 11.5 Å². The number of ether oxygens (including phenoxy) is 2. The molecular formula is C31H38ClN3O6. The van der Waals surface area contributed by atoms with Crippen LogP contribution in [0.4, 0.5) is 0 Å². The van der Waals surface area contributed by atoms with E-state index in [1.807, 2.05) is 23.1 Å². The molecule has 9 nitrogen and oxygen atoms in total. The molecule has 0 spiro atoms. The van der Waals surface area contributed by atoms with Crippen LogP contribution in [0, 0.1) is 11.8 Å². The van der Waals surface area contributed by atoms with Crippen LogP contribution >= 0.6 is 11.6 Å². The SMILES string of the molecule is COc1ccc2cc1OCCN(C(=O)C1CCC(O)CC1)CCCNC(=O)[C@H]1CN(C(=O)c3cccc(Cl)c3)C[C@H]21. The highest BCUT2D eigenvalue weighted by molar-refractivity contribution is 6.31. The van der Waals surface area contributed by atoms with Crippen molar-refractivity contribution >= 4 is 29.3 Å². The van der Waals surface area contributed by atoms with Crippen LogP contribution < -0.4 is 14.8 Å². The monoisotopic (exact) mass is 583 g/mol. The van der Waals surface area contributed by atoms with E-state index >= 15 is 0 Å². The van der Waals surface area contributed by atoms with Gasteiger partial charge in [-0.05, 0) is 68.0 Å². The van der Waals surface area contributed by atoms with Gasteiger partial charge in [-0.25, -0.2) is 0 Å². The number of carbonyl (C=O) groups is 3. The molecule has 220 valence electrons. The number of methoxy groups -OCH3 is 1. The van der Waals surface area contributed by atoms with Crippen LogP contribution in [-0.4, -0.2) is 85.2 Å². The van der Waals surface area contributed by atoms with Crippen LogP contribution in [0.25, 0.3) is 0 Å². The summed E-state index contributed by atoms with van der Waals surface area (Å²) in [6.45, 7) is 2.28. The minimum Gasteiger partial charge on any atom is -0.493 e. The van der Waals surface area contributed by atoms with E-state index in [0.717, 1.165) is 5.56 Å². The first-order chi connectivity index (χ1) is 19.8. The van der Waals surface area contributed by atoms with Crippen molar-refractivity contribution in [2.75, 3.05) is 46.4 Å². The molecule has 1 aliphatic carbocycles. The van der Waals surface area contributed by atoms with Gasteiger partial charge in [0.05, 0.1) is 25.7 Å². The highest BCUT2D eigenvalue weighted by Crippen LogP contribution is 2.38. The largest absolute Gasteiger partial charge is 0.493 e. The Bertz CT molecular complexity index is 1260. The number of halogens is 1. The van der Waals surface area contributed by atoms with E-state index in [0.29, 0.717) is 87.0 Å². The summed E-state index contributed by atoms with van der Waals surface area (Å²) in [5, 5.41) is 13.4. The van der Waals surface area contributed by atoms with E-state index < -0.39 is 5.92 Å². The van der Waals surface area contributed by atoms with E-state index in [4.69, 9.17) is 21.1 Å². The molecule has 2 atom stereocenters. The fourth-order valence-electron chi connectivity index (χ4n) is 6.21. The van der Waals surface area contributed by atoms with Crippen molar-refractivity contribution < 1.29 is 29.0 Å². The number of nitrogens with one attached hydrogen (secondary N) is 1. The Labute approximate surface area is 245 Å². The summed E-state index contributed by atoms with van der Waals surface area (Å²) in [5.74, 6) is 0.103. The fraction of sp³-hybridized carbons (Fsp3) is 0.516. The molecule has 0 aromatic heterocycles. The number of hydrogen-bond donors (Lipinski definition) is 2. The number of benzene rings is 2. The molecule has 10 heteroatoms. The summed E-state index contributed by atoms with van der Waals surface area (Å²) < 4.78 is 11.7. The molecule has 1 saturated carbocycles. The van der Waals surface area contributed by atoms with E-state index in [-0.39, 0.29) is 42.2 Å². The van der Waals surface area contributed by atoms with Crippen LogP contribution in [0.1, 0.15) is 53.9 Å². The highest BCUT2D eigenvalue weighted by atomic mass is 35.5. The molecule has 2 aliphatic heterocycles. The quantitative estimate of drug-likeness (QED) is 0.573. The lowest BCUT2D eigenvalue weighted by atomic mass is 9.86. The van der Waals surface area contributed by atoms with Crippen molar-refractivity contribution in [3.63, 3.8) is 0 Å². The summed E-state index contributed by atoms with van der Waals surface area (Å²) >= 11 is 6.14. The topological polar surface area (TPSA) is 108 Å². The van der Waals surface area contributed by atoms with E-state index in [1.54, 1.807) is 36.3 Å². The Hall–Kier alpha value is -3.30. The number of aliphatic hydroxyl groups is 1. The van der Waals surface area contributed by atoms with Gasteiger partial charge in [0.25, 0.3) is 5.91 Å². The predicted octanol–water partition coefficient (Wildman–Crippen LogP) is 3.48. The van der Waals surface area contributed by atoms with Crippen LogP contribution in [0.3, 0.4) is 0 Å². The molecule has 41 heavy (non-hydrogen) atoms. The first-order valence-corrected chi connectivity index (χ1v) is 14.8. The third-order valence-corrected chi connectivity index (χ3v) is 8.75. The Balaban J connectivity index is 1.37. The molecule has 3 aliphatic rings. The van der Waals surface area contributed by atoms with Crippen molar-refractivity contribution in [3.05, 3.63) is 58.6 Å². The highest BCUT2D eigenvalue weighted by Gasteiger charge is 2.41. The van der Waals surface area contributed by atoms with Crippen LogP contribution in [0.2, 0.25) is 5.02 Å². The summed E-state index contributed by atoms with van der Waals surface area (Å²) in [6, 6.07) is 12.5. The standard InChI is InChI=1S/C31H38ClN3O6/c1-40-27-11-8-21-17-28(27)41-15-14-34(30(38)20-6-9-24(36)10-7-20)13-3-12-33-29(37)26-19-35(18-25(21)26)31(39)22-4-2-5-23(32)16-22/h2,4-5,8,11,16-17,20,24-26,36H,3,6-7,9-10,12-15,18-19H2,1H3,(H,33,37)/t20?,24?,25-,26+/m1/s1. The zero-order valence-electron chi connectivity index (χ0n) is 23.4. The second-order valence-electron chi connectivity index (χ2n) is 11.2. The number of aliphatic hydroxyl groups excluding tert-OH is 1. The number of nitrogens with zero attached hydrogens (tertiary/aromatic N) is 2. The van der Waals surface area contributed by atoms with E-state index in [9.17, 15) is 19.5 Å². The van der Waals surface area contributed by atoms with Gasteiger partial charge in [0.2, 0.25) is 11.8 Å². The zero-order chi connectivity index (χ0) is 28.9. The van der Waals surface area contributed by atoms with Gasteiger partial charge in [-0.2, -0.15) is 0 Å². The van der Waals surface area contributed by atoms with Gasteiger partial charge in [-0.15, -0.1) is 0 Å². The molecule has 1 saturated heterocycles. The van der Waals surface area contributed by atoms with Gasteiger partial charge in [0, 0.05) is 48.6 Å². The number of amides is 3. The molecule has 5 rings (SSSR count). The maximum Gasteiger partial charge on any atom is 0.253 e. The fourth-order valence-corrected chi connectivity index (χ4v) is 6.40. The molecule has 0 radical (unpaired) electrons. The van der Waals surface area contributed by atoms with Crippen molar-refractivity contribution in [2.24, 2.45) is 11.8 Å². The lowest BCUT2D eigenvalue weighted by Crippen LogP contribution is -2.42. The van der Waals surface area contributed by atoms with Gasteiger partial charge >= 0.3 is 0 Å². The van der Waals surface area contributed by atoms with Crippen LogP contribution in [0.15, 0.2) is 42.5 Å². The number of rotatable bonds is 3.